The second-order valence-electron chi connectivity index (χ2n) is 5.56. The van der Waals surface area contributed by atoms with Crippen LogP contribution in [0.5, 0.6) is 0 Å². The van der Waals surface area contributed by atoms with Gasteiger partial charge in [0.2, 0.25) is 15.6 Å². The number of carbonyl (C=O) groups excluding carboxylic acids is 1. The summed E-state index contributed by atoms with van der Waals surface area (Å²) in [6.45, 7) is 0.300. The number of benzene rings is 1. The molecule has 0 heterocycles. The predicted molar refractivity (Wildman–Crippen MR) is 80.1 cm³/mol. The molecule has 1 aromatic carbocycles. The van der Waals surface area contributed by atoms with Gasteiger partial charge in [-0.25, -0.2) is 13.1 Å². The van der Waals surface area contributed by atoms with Crippen LogP contribution in [-0.4, -0.2) is 37.3 Å². The normalized spacial score (nSPS) is 18.1. The first-order valence-electron chi connectivity index (χ1n) is 6.77. The van der Waals surface area contributed by atoms with Gasteiger partial charge in [-0.2, -0.15) is 13.2 Å². The lowest BCUT2D eigenvalue weighted by molar-refractivity contribution is -0.242. The molecule has 0 unspecified atom stereocenters. The average molecular weight is 387 g/mol. The number of carbonyl (C=O) groups is 1. The molecule has 0 aliphatic heterocycles. The van der Waals surface area contributed by atoms with Crippen molar-refractivity contribution in [1.29, 1.82) is 0 Å². The lowest BCUT2D eigenvalue weighted by Gasteiger charge is -2.25. The monoisotopic (exact) mass is 386 g/mol. The fourth-order valence-electron chi connectivity index (χ4n) is 1.63. The molecular formula is C13H14ClF3N2O4S. The van der Waals surface area contributed by atoms with Crippen molar-refractivity contribution in [2.75, 3.05) is 5.32 Å². The summed E-state index contributed by atoms with van der Waals surface area (Å²) in [4.78, 5) is 11.4. The molecule has 1 aliphatic rings. The van der Waals surface area contributed by atoms with Gasteiger partial charge in [-0.1, -0.05) is 11.6 Å². The molecule has 1 aromatic rings. The van der Waals surface area contributed by atoms with Crippen LogP contribution in [0.1, 0.15) is 19.8 Å². The zero-order valence-electron chi connectivity index (χ0n) is 12.3. The Morgan fingerprint density at radius 2 is 1.92 bits per heavy atom. The summed E-state index contributed by atoms with van der Waals surface area (Å²) in [6, 6.07) is 3.02. The van der Waals surface area contributed by atoms with E-state index in [4.69, 9.17) is 11.6 Å². The van der Waals surface area contributed by atoms with Gasteiger partial charge in [0.15, 0.2) is 0 Å². The van der Waals surface area contributed by atoms with E-state index in [2.05, 4.69) is 4.72 Å². The molecule has 0 saturated heterocycles. The van der Waals surface area contributed by atoms with Crippen LogP contribution in [0.15, 0.2) is 23.1 Å². The van der Waals surface area contributed by atoms with E-state index < -0.39 is 27.7 Å². The molecule has 3 N–H and O–H groups in total. The quantitative estimate of drug-likeness (QED) is 0.721. The van der Waals surface area contributed by atoms with Crippen molar-refractivity contribution in [2.24, 2.45) is 0 Å². The molecule has 0 spiro atoms. The highest BCUT2D eigenvalue weighted by Crippen LogP contribution is 2.33. The second kappa shape index (κ2) is 6.17. The maximum Gasteiger partial charge on any atom is 0.426 e. The zero-order valence-corrected chi connectivity index (χ0v) is 13.9. The molecule has 1 amide bonds. The minimum Gasteiger partial charge on any atom is -0.373 e. The third-order valence-electron chi connectivity index (χ3n) is 3.39. The average Bonchev–Trinajstić information content (AvgIpc) is 3.22. The van der Waals surface area contributed by atoms with E-state index in [1.807, 2.05) is 5.32 Å². The molecule has 0 radical (unpaired) electrons. The Morgan fingerprint density at radius 3 is 2.38 bits per heavy atom. The molecule has 1 saturated carbocycles. The summed E-state index contributed by atoms with van der Waals surface area (Å²) in [7, 11) is -3.79. The summed E-state index contributed by atoms with van der Waals surface area (Å²) >= 11 is 5.83. The van der Waals surface area contributed by atoms with Crippen molar-refractivity contribution in [2.45, 2.75) is 42.5 Å². The van der Waals surface area contributed by atoms with Gasteiger partial charge in [0, 0.05) is 6.04 Å². The summed E-state index contributed by atoms with van der Waals surface area (Å²) in [5, 5.41) is 10.8. The van der Waals surface area contributed by atoms with E-state index in [1.54, 1.807) is 0 Å². The van der Waals surface area contributed by atoms with E-state index >= 15 is 0 Å². The molecule has 0 aromatic heterocycles. The Bertz CT molecular complexity index is 761. The molecule has 0 bridgehead atoms. The fraction of sp³-hybridized carbons (Fsp3) is 0.462. The first kappa shape index (κ1) is 19.0. The number of anilines is 1. The summed E-state index contributed by atoms with van der Waals surface area (Å²) in [6.07, 6.45) is -3.72. The first-order chi connectivity index (χ1) is 10.8. The highest BCUT2D eigenvalue weighted by Gasteiger charge is 2.55. The largest absolute Gasteiger partial charge is 0.426 e. The van der Waals surface area contributed by atoms with Gasteiger partial charge in [-0.05, 0) is 38.0 Å². The molecular weight excluding hydrogens is 373 g/mol. The summed E-state index contributed by atoms with van der Waals surface area (Å²) in [5.74, 6) is -1.73. The van der Waals surface area contributed by atoms with Crippen LogP contribution in [0.3, 0.4) is 0 Å². The Morgan fingerprint density at radius 1 is 1.33 bits per heavy atom. The fourth-order valence-corrected chi connectivity index (χ4v) is 3.25. The van der Waals surface area contributed by atoms with Gasteiger partial charge < -0.3 is 10.4 Å². The number of halogens is 4. The number of alkyl halides is 3. The van der Waals surface area contributed by atoms with Crippen LogP contribution in [-0.2, 0) is 14.8 Å². The highest BCUT2D eigenvalue weighted by molar-refractivity contribution is 7.89. The Balaban J connectivity index is 2.20. The highest BCUT2D eigenvalue weighted by atomic mass is 35.5. The van der Waals surface area contributed by atoms with Crippen molar-refractivity contribution in [1.82, 2.24) is 4.72 Å². The number of aliphatic hydroxyl groups is 1. The standard InChI is InChI=1S/C13H14ClF3N2O4S/c1-12(21,13(15,16)17)11(20)18-10-5-4-8(6-9(10)14)24(22,23)19-7-2-3-7/h4-7,19,21H,2-3H2,1H3,(H,18,20)/t12-/m1/s1. The summed E-state index contributed by atoms with van der Waals surface area (Å²) < 4.78 is 64.3. The molecule has 1 atom stereocenters. The van der Waals surface area contributed by atoms with Crippen LogP contribution < -0.4 is 10.0 Å². The Hall–Kier alpha value is -1.36. The molecule has 11 heteroatoms. The van der Waals surface area contributed by atoms with Crippen molar-refractivity contribution >= 4 is 33.2 Å². The minimum atomic E-state index is -5.18. The lowest BCUT2D eigenvalue weighted by Crippen LogP contribution is -2.52. The van der Waals surface area contributed by atoms with E-state index in [1.165, 1.54) is 0 Å². The third kappa shape index (κ3) is 4.00. The molecule has 1 aliphatic carbocycles. The predicted octanol–water partition coefficient (Wildman–Crippen LogP) is 2.03. The van der Waals surface area contributed by atoms with E-state index in [9.17, 15) is 31.5 Å². The third-order valence-corrected chi connectivity index (χ3v) is 5.22. The first-order valence-corrected chi connectivity index (χ1v) is 8.63. The van der Waals surface area contributed by atoms with Crippen molar-refractivity contribution in [3.05, 3.63) is 23.2 Å². The molecule has 1 fully saturated rings. The number of amides is 1. The van der Waals surface area contributed by atoms with Crippen LogP contribution in [0.4, 0.5) is 18.9 Å². The van der Waals surface area contributed by atoms with Crippen molar-refractivity contribution in [3.63, 3.8) is 0 Å². The minimum absolute atomic E-state index is 0.130. The van der Waals surface area contributed by atoms with Crippen molar-refractivity contribution < 1.29 is 31.5 Å². The van der Waals surface area contributed by atoms with Gasteiger partial charge in [0.05, 0.1) is 15.6 Å². The van der Waals surface area contributed by atoms with Gasteiger partial charge in [0.1, 0.15) is 0 Å². The van der Waals surface area contributed by atoms with E-state index in [0.717, 1.165) is 31.0 Å². The van der Waals surface area contributed by atoms with Gasteiger partial charge >= 0.3 is 6.18 Å². The molecule has 24 heavy (non-hydrogen) atoms. The van der Waals surface area contributed by atoms with E-state index in [-0.39, 0.29) is 21.6 Å². The second-order valence-corrected chi connectivity index (χ2v) is 7.68. The topological polar surface area (TPSA) is 95.5 Å². The zero-order chi connectivity index (χ0) is 18.3. The lowest BCUT2D eigenvalue weighted by atomic mass is 10.1. The SMILES string of the molecule is C[C@@](O)(C(=O)Nc1ccc(S(=O)(=O)NC2CC2)cc1Cl)C(F)(F)F. The Labute approximate surface area is 141 Å². The molecule has 2 rings (SSSR count). The number of hydrogen-bond acceptors (Lipinski definition) is 4. The molecule has 6 nitrogen and oxygen atoms in total. The van der Waals surface area contributed by atoms with E-state index in [0.29, 0.717) is 6.92 Å². The number of nitrogens with one attached hydrogen (secondary N) is 2. The van der Waals surface area contributed by atoms with Gasteiger partial charge in [-0.3, -0.25) is 4.79 Å². The van der Waals surface area contributed by atoms with Gasteiger partial charge in [0.25, 0.3) is 5.91 Å². The van der Waals surface area contributed by atoms with Crippen LogP contribution >= 0.6 is 11.6 Å². The number of sulfonamides is 1. The maximum absolute atomic E-state index is 12.6. The molecule has 134 valence electrons. The number of hydrogen-bond donors (Lipinski definition) is 3. The van der Waals surface area contributed by atoms with Crippen LogP contribution in [0, 0.1) is 0 Å². The maximum atomic E-state index is 12.6. The number of rotatable bonds is 5. The Kier molecular flexibility index (Phi) is 4.88. The van der Waals surface area contributed by atoms with Crippen molar-refractivity contribution in [3.8, 4) is 0 Å². The summed E-state index contributed by atoms with van der Waals surface area (Å²) in [5.41, 5.74) is -3.87. The smallest absolute Gasteiger partial charge is 0.373 e. The van der Waals surface area contributed by atoms with Gasteiger partial charge in [-0.15, -0.1) is 0 Å². The van der Waals surface area contributed by atoms with Crippen LogP contribution in [0.25, 0.3) is 0 Å². The van der Waals surface area contributed by atoms with Crippen LogP contribution in [0.2, 0.25) is 5.02 Å².